The molecule has 1 unspecified atom stereocenters. The fraction of sp³-hybridized carbons (Fsp3) is 0.438. The summed E-state index contributed by atoms with van der Waals surface area (Å²) in [5.74, 6) is 0.925. The Kier molecular flexibility index (Phi) is 4.78. The Labute approximate surface area is 124 Å². The summed E-state index contributed by atoms with van der Waals surface area (Å²) in [4.78, 5) is 5.73. The third-order valence-corrected chi connectivity index (χ3v) is 4.77. The summed E-state index contributed by atoms with van der Waals surface area (Å²) < 4.78 is 5.79. The molecule has 1 heterocycles. The van der Waals surface area contributed by atoms with E-state index in [1.165, 1.54) is 16.0 Å². The van der Waals surface area contributed by atoms with Crippen LogP contribution in [0, 0.1) is 20.8 Å². The van der Waals surface area contributed by atoms with Crippen LogP contribution in [-0.4, -0.2) is 11.6 Å². The van der Waals surface area contributed by atoms with E-state index >= 15 is 0 Å². The van der Waals surface area contributed by atoms with E-state index in [1.807, 2.05) is 19.9 Å². The second-order valence-electron chi connectivity index (χ2n) is 5.19. The van der Waals surface area contributed by atoms with Crippen LogP contribution in [0.15, 0.2) is 18.2 Å². The number of ether oxygens (including phenoxy) is 1. The Morgan fingerprint density at radius 3 is 2.60 bits per heavy atom. The van der Waals surface area contributed by atoms with E-state index in [0.717, 1.165) is 22.9 Å². The first-order chi connectivity index (χ1) is 9.47. The zero-order valence-corrected chi connectivity index (χ0v) is 13.4. The molecule has 1 aromatic heterocycles. The van der Waals surface area contributed by atoms with Crippen LogP contribution in [-0.2, 0) is 6.42 Å². The average Bonchev–Trinajstić information content (AvgIpc) is 2.75. The standard InChI is InChI=1S/C16H22N2OS/c1-10-5-6-14(9-11(10)2)19-8-7-15-18-13(4)16(20-15)12(3)17/h5-6,9,12H,7-8,17H2,1-4H3. The summed E-state index contributed by atoms with van der Waals surface area (Å²) in [6, 6.07) is 6.24. The van der Waals surface area contributed by atoms with Crippen molar-refractivity contribution in [2.24, 2.45) is 5.73 Å². The minimum absolute atomic E-state index is 0.0573. The van der Waals surface area contributed by atoms with Crippen molar-refractivity contribution in [3.05, 3.63) is 44.9 Å². The van der Waals surface area contributed by atoms with Gasteiger partial charge in [0.25, 0.3) is 0 Å². The van der Waals surface area contributed by atoms with Crippen molar-refractivity contribution in [3.8, 4) is 5.75 Å². The topological polar surface area (TPSA) is 48.1 Å². The van der Waals surface area contributed by atoms with Gasteiger partial charge in [-0.25, -0.2) is 4.98 Å². The molecule has 2 N–H and O–H groups in total. The van der Waals surface area contributed by atoms with Gasteiger partial charge < -0.3 is 10.5 Å². The molecule has 3 nitrogen and oxygen atoms in total. The first-order valence-electron chi connectivity index (χ1n) is 6.89. The van der Waals surface area contributed by atoms with Gasteiger partial charge in [-0.1, -0.05) is 6.07 Å². The van der Waals surface area contributed by atoms with E-state index in [-0.39, 0.29) is 6.04 Å². The minimum atomic E-state index is 0.0573. The Balaban J connectivity index is 1.92. The van der Waals surface area contributed by atoms with Crippen molar-refractivity contribution in [2.45, 2.75) is 40.2 Å². The summed E-state index contributed by atoms with van der Waals surface area (Å²) in [7, 11) is 0. The fourth-order valence-electron chi connectivity index (χ4n) is 2.06. The van der Waals surface area contributed by atoms with Crippen LogP contribution < -0.4 is 10.5 Å². The normalized spacial score (nSPS) is 12.4. The molecule has 0 amide bonds. The number of rotatable bonds is 5. The van der Waals surface area contributed by atoms with Crippen molar-refractivity contribution in [1.29, 1.82) is 0 Å². The van der Waals surface area contributed by atoms with Gasteiger partial charge in [0.2, 0.25) is 0 Å². The molecule has 0 saturated carbocycles. The van der Waals surface area contributed by atoms with Crippen molar-refractivity contribution in [2.75, 3.05) is 6.61 Å². The Hall–Kier alpha value is -1.39. The highest BCUT2D eigenvalue weighted by Gasteiger charge is 2.11. The van der Waals surface area contributed by atoms with Gasteiger partial charge in [0.1, 0.15) is 5.75 Å². The summed E-state index contributed by atoms with van der Waals surface area (Å²) in [6.07, 6.45) is 0.825. The Bertz CT molecular complexity index is 590. The number of thiazole rings is 1. The van der Waals surface area contributed by atoms with Gasteiger partial charge >= 0.3 is 0 Å². The molecule has 0 bridgehead atoms. The monoisotopic (exact) mass is 290 g/mol. The lowest BCUT2D eigenvalue weighted by atomic mass is 10.1. The lowest BCUT2D eigenvalue weighted by Crippen LogP contribution is -2.03. The predicted octanol–water partition coefficient (Wildman–Crippen LogP) is 3.71. The van der Waals surface area contributed by atoms with Crippen LogP contribution >= 0.6 is 11.3 Å². The summed E-state index contributed by atoms with van der Waals surface area (Å²) >= 11 is 1.69. The van der Waals surface area contributed by atoms with E-state index < -0.39 is 0 Å². The van der Waals surface area contributed by atoms with Crippen LogP contribution in [0.25, 0.3) is 0 Å². The van der Waals surface area contributed by atoms with E-state index in [0.29, 0.717) is 6.61 Å². The second-order valence-corrected chi connectivity index (χ2v) is 6.31. The van der Waals surface area contributed by atoms with Crippen LogP contribution in [0.2, 0.25) is 0 Å². The van der Waals surface area contributed by atoms with Crippen LogP contribution in [0.5, 0.6) is 5.75 Å². The average molecular weight is 290 g/mol. The SMILES string of the molecule is Cc1ccc(OCCc2nc(C)c(C(C)N)s2)cc1C. The van der Waals surface area contributed by atoms with Crippen molar-refractivity contribution < 1.29 is 4.74 Å². The number of nitrogens with two attached hydrogens (primary N) is 1. The molecule has 1 aromatic carbocycles. The molecule has 2 aromatic rings. The maximum atomic E-state index is 5.92. The number of aromatic nitrogens is 1. The number of hydrogen-bond acceptors (Lipinski definition) is 4. The number of hydrogen-bond donors (Lipinski definition) is 1. The zero-order valence-electron chi connectivity index (χ0n) is 12.6. The smallest absolute Gasteiger partial charge is 0.119 e. The van der Waals surface area contributed by atoms with Crippen LogP contribution in [0.1, 0.15) is 39.7 Å². The molecule has 0 radical (unpaired) electrons. The summed E-state index contributed by atoms with van der Waals surface area (Å²) in [6.45, 7) is 8.86. The van der Waals surface area contributed by atoms with E-state index in [9.17, 15) is 0 Å². The van der Waals surface area contributed by atoms with E-state index in [1.54, 1.807) is 11.3 Å². The van der Waals surface area contributed by atoms with Crippen molar-refractivity contribution >= 4 is 11.3 Å². The summed E-state index contributed by atoms with van der Waals surface area (Å²) in [5.41, 5.74) is 9.51. The van der Waals surface area contributed by atoms with Gasteiger partial charge in [0, 0.05) is 17.3 Å². The van der Waals surface area contributed by atoms with E-state index in [2.05, 4.69) is 31.0 Å². The molecule has 2 rings (SSSR count). The predicted molar refractivity (Wildman–Crippen MR) is 84.6 cm³/mol. The first-order valence-corrected chi connectivity index (χ1v) is 7.71. The molecule has 0 aliphatic carbocycles. The largest absolute Gasteiger partial charge is 0.493 e. The Morgan fingerprint density at radius 1 is 1.25 bits per heavy atom. The number of benzene rings is 1. The van der Waals surface area contributed by atoms with Gasteiger partial charge in [-0.15, -0.1) is 11.3 Å². The maximum Gasteiger partial charge on any atom is 0.119 e. The van der Waals surface area contributed by atoms with Gasteiger partial charge in [-0.05, 0) is 51.0 Å². The molecule has 108 valence electrons. The lowest BCUT2D eigenvalue weighted by Gasteiger charge is -2.07. The van der Waals surface area contributed by atoms with E-state index in [4.69, 9.17) is 10.5 Å². The highest BCUT2D eigenvalue weighted by atomic mass is 32.1. The molecular formula is C16H22N2OS. The van der Waals surface area contributed by atoms with Gasteiger partial charge in [0.05, 0.1) is 17.3 Å². The quantitative estimate of drug-likeness (QED) is 0.913. The zero-order chi connectivity index (χ0) is 14.7. The van der Waals surface area contributed by atoms with Gasteiger partial charge in [-0.3, -0.25) is 0 Å². The first kappa shape index (κ1) is 15.0. The molecule has 0 fully saturated rings. The molecule has 4 heteroatoms. The fourth-order valence-corrected chi connectivity index (χ4v) is 3.06. The van der Waals surface area contributed by atoms with Crippen molar-refractivity contribution in [1.82, 2.24) is 4.98 Å². The number of aryl methyl sites for hydroxylation is 3. The molecule has 0 aliphatic rings. The van der Waals surface area contributed by atoms with Crippen molar-refractivity contribution in [3.63, 3.8) is 0 Å². The third-order valence-electron chi connectivity index (χ3n) is 3.35. The van der Waals surface area contributed by atoms with Gasteiger partial charge in [-0.2, -0.15) is 0 Å². The molecule has 0 spiro atoms. The maximum absolute atomic E-state index is 5.92. The molecule has 0 saturated heterocycles. The lowest BCUT2D eigenvalue weighted by molar-refractivity contribution is 0.321. The van der Waals surface area contributed by atoms with Crippen LogP contribution in [0.3, 0.4) is 0 Å². The third kappa shape index (κ3) is 3.58. The number of nitrogens with zero attached hydrogens (tertiary/aromatic N) is 1. The minimum Gasteiger partial charge on any atom is -0.493 e. The van der Waals surface area contributed by atoms with Crippen LogP contribution in [0.4, 0.5) is 0 Å². The second kappa shape index (κ2) is 6.37. The molecular weight excluding hydrogens is 268 g/mol. The highest BCUT2D eigenvalue weighted by molar-refractivity contribution is 7.11. The highest BCUT2D eigenvalue weighted by Crippen LogP contribution is 2.24. The molecule has 1 atom stereocenters. The molecule has 0 aliphatic heterocycles. The van der Waals surface area contributed by atoms with Gasteiger partial charge in [0.15, 0.2) is 0 Å². The molecule has 20 heavy (non-hydrogen) atoms. The summed E-state index contributed by atoms with van der Waals surface area (Å²) in [5, 5.41) is 1.10. The Morgan fingerprint density at radius 2 is 2.00 bits per heavy atom.